The second-order valence-corrected chi connectivity index (χ2v) is 6.82. The van der Waals surface area contributed by atoms with Gasteiger partial charge in [-0.05, 0) is 49.3 Å². The van der Waals surface area contributed by atoms with Crippen molar-refractivity contribution < 1.29 is 4.74 Å². The van der Waals surface area contributed by atoms with Crippen LogP contribution >= 0.6 is 15.9 Å². The lowest BCUT2D eigenvalue weighted by molar-refractivity contribution is 0.303. The first kappa shape index (κ1) is 12.5. The SMILES string of the molecule is BrC1CCCCCC1c1ccc(OC2CC2)cc1. The summed E-state index contributed by atoms with van der Waals surface area (Å²) in [5.74, 6) is 1.73. The fraction of sp³-hybridized carbons (Fsp3) is 0.625. The van der Waals surface area contributed by atoms with Crippen LogP contribution in [0.3, 0.4) is 0 Å². The van der Waals surface area contributed by atoms with E-state index in [0.717, 1.165) is 5.75 Å². The van der Waals surface area contributed by atoms with Gasteiger partial charge in [0.25, 0.3) is 0 Å². The molecule has 0 saturated heterocycles. The van der Waals surface area contributed by atoms with E-state index in [1.54, 1.807) is 0 Å². The van der Waals surface area contributed by atoms with E-state index < -0.39 is 0 Å². The highest BCUT2D eigenvalue weighted by atomic mass is 79.9. The van der Waals surface area contributed by atoms with Crippen LogP contribution in [0.15, 0.2) is 24.3 Å². The van der Waals surface area contributed by atoms with Gasteiger partial charge < -0.3 is 4.74 Å². The molecule has 2 fully saturated rings. The fourth-order valence-corrected chi connectivity index (χ4v) is 3.70. The molecule has 18 heavy (non-hydrogen) atoms. The van der Waals surface area contributed by atoms with Crippen LogP contribution in [0.1, 0.15) is 56.4 Å². The highest BCUT2D eigenvalue weighted by Crippen LogP contribution is 2.37. The van der Waals surface area contributed by atoms with Gasteiger partial charge in [-0.3, -0.25) is 0 Å². The zero-order valence-electron chi connectivity index (χ0n) is 10.8. The third-order valence-electron chi connectivity index (χ3n) is 4.07. The third-order valence-corrected chi connectivity index (χ3v) is 5.16. The Labute approximate surface area is 118 Å². The summed E-state index contributed by atoms with van der Waals surface area (Å²) in [5, 5.41) is 0. The van der Waals surface area contributed by atoms with Gasteiger partial charge in [-0.15, -0.1) is 0 Å². The molecule has 2 saturated carbocycles. The second-order valence-electron chi connectivity index (χ2n) is 5.65. The molecule has 1 aromatic carbocycles. The lowest BCUT2D eigenvalue weighted by Gasteiger charge is -2.20. The van der Waals surface area contributed by atoms with Crippen molar-refractivity contribution in [1.82, 2.24) is 0 Å². The van der Waals surface area contributed by atoms with Crippen molar-refractivity contribution in [2.75, 3.05) is 0 Å². The standard InChI is InChI=1S/C16H21BrO/c17-16-5-3-1-2-4-15(16)12-6-8-13(9-7-12)18-14-10-11-14/h6-9,14-16H,1-5,10-11H2. The van der Waals surface area contributed by atoms with E-state index in [4.69, 9.17) is 4.74 Å². The predicted octanol–water partition coefficient (Wildman–Crippen LogP) is 5.04. The van der Waals surface area contributed by atoms with Crippen molar-refractivity contribution in [3.05, 3.63) is 29.8 Å². The summed E-state index contributed by atoms with van der Waals surface area (Å²) in [4.78, 5) is 0.648. The molecule has 0 heterocycles. The average molecular weight is 309 g/mol. The first-order valence-corrected chi connectivity index (χ1v) is 8.15. The van der Waals surface area contributed by atoms with Gasteiger partial charge in [0.2, 0.25) is 0 Å². The van der Waals surface area contributed by atoms with Crippen LogP contribution < -0.4 is 4.74 Å². The number of hydrogen-bond donors (Lipinski definition) is 0. The second kappa shape index (κ2) is 5.64. The molecule has 0 radical (unpaired) electrons. The minimum atomic E-state index is 0.498. The number of alkyl halides is 1. The van der Waals surface area contributed by atoms with Crippen molar-refractivity contribution in [1.29, 1.82) is 0 Å². The maximum absolute atomic E-state index is 5.81. The molecule has 2 heteroatoms. The molecule has 0 spiro atoms. The van der Waals surface area contributed by atoms with Crippen molar-refractivity contribution in [2.24, 2.45) is 0 Å². The first-order valence-electron chi connectivity index (χ1n) is 7.23. The lowest BCUT2D eigenvalue weighted by atomic mass is 9.92. The Hall–Kier alpha value is -0.500. The zero-order valence-corrected chi connectivity index (χ0v) is 12.4. The smallest absolute Gasteiger partial charge is 0.119 e. The van der Waals surface area contributed by atoms with Gasteiger partial charge in [-0.25, -0.2) is 0 Å². The molecule has 1 aromatic rings. The fourth-order valence-electron chi connectivity index (χ4n) is 2.81. The van der Waals surface area contributed by atoms with Crippen LogP contribution in [0.2, 0.25) is 0 Å². The van der Waals surface area contributed by atoms with Crippen LogP contribution in [-0.2, 0) is 0 Å². The molecule has 0 N–H and O–H groups in total. The summed E-state index contributed by atoms with van der Waals surface area (Å²) in [6, 6.07) is 8.83. The molecule has 98 valence electrons. The number of benzene rings is 1. The van der Waals surface area contributed by atoms with Crippen LogP contribution in [-0.4, -0.2) is 10.9 Å². The van der Waals surface area contributed by atoms with Gasteiger partial charge in [0.15, 0.2) is 0 Å². The van der Waals surface area contributed by atoms with Gasteiger partial charge in [-0.1, -0.05) is 47.3 Å². The molecule has 2 aliphatic carbocycles. The molecule has 1 nitrogen and oxygen atoms in total. The van der Waals surface area contributed by atoms with Crippen molar-refractivity contribution >= 4 is 15.9 Å². The Balaban J connectivity index is 1.69. The molecule has 3 rings (SSSR count). The Morgan fingerprint density at radius 1 is 0.889 bits per heavy atom. The Morgan fingerprint density at radius 2 is 1.61 bits per heavy atom. The maximum Gasteiger partial charge on any atom is 0.119 e. The molecule has 2 unspecified atom stereocenters. The van der Waals surface area contributed by atoms with Gasteiger partial charge in [-0.2, -0.15) is 0 Å². The van der Waals surface area contributed by atoms with Crippen molar-refractivity contribution in [2.45, 2.75) is 61.8 Å². The van der Waals surface area contributed by atoms with E-state index in [0.29, 0.717) is 16.8 Å². The minimum Gasteiger partial charge on any atom is -0.490 e. The van der Waals surface area contributed by atoms with Crippen LogP contribution in [0.5, 0.6) is 5.75 Å². The van der Waals surface area contributed by atoms with Crippen molar-refractivity contribution in [3.8, 4) is 5.75 Å². The maximum atomic E-state index is 5.81. The normalized spacial score (nSPS) is 28.7. The number of ether oxygens (including phenoxy) is 1. The van der Waals surface area contributed by atoms with Crippen molar-refractivity contribution in [3.63, 3.8) is 0 Å². The van der Waals surface area contributed by atoms with Gasteiger partial charge in [0, 0.05) is 4.83 Å². The summed E-state index contributed by atoms with van der Waals surface area (Å²) in [7, 11) is 0. The largest absolute Gasteiger partial charge is 0.490 e. The van der Waals surface area contributed by atoms with Crippen LogP contribution in [0, 0.1) is 0 Å². The predicted molar refractivity (Wildman–Crippen MR) is 78.6 cm³/mol. The first-order chi connectivity index (χ1) is 8.83. The Kier molecular flexibility index (Phi) is 3.93. The molecule has 0 aromatic heterocycles. The van der Waals surface area contributed by atoms with E-state index in [2.05, 4.69) is 40.2 Å². The number of rotatable bonds is 3. The van der Waals surface area contributed by atoms with Crippen LogP contribution in [0.25, 0.3) is 0 Å². The molecular weight excluding hydrogens is 288 g/mol. The minimum absolute atomic E-state index is 0.498. The van der Waals surface area contributed by atoms with Gasteiger partial charge >= 0.3 is 0 Å². The summed E-state index contributed by atoms with van der Waals surface area (Å²) >= 11 is 3.88. The highest BCUT2D eigenvalue weighted by Gasteiger charge is 2.25. The van der Waals surface area contributed by atoms with E-state index in [9.17, 15) is 0 Å². The highest BCUT2D eigenvalue weighted by molar-refractivity contribution is 9.09. The lowest BCUT2D eigenvalue weighted by Crippen LogP contribution is -2.10. The topological polar surface area (TPSA) is 9.23 Å². The molecular formula is C16H21BrO. The molecule has 2 atom stereocenters. The zero-order chi connectivity index (χ0) is 12.4. The number of hydrogen-bond acceptors (Lipinski definition) is 1. The summed E-state index contributed by atoms with van der Waals surface area (Å²) in [6.07, 6.45) is 9.72. The van der Waals surface area contributed by atoms with E-state index in [1.807, 2.05) is 0 Å². The number of halogens is 1. The monoisotopic (exact) mass is 308 g/mol. The molecule has 2 aliphatic rings. The molecule has 0 amide bonds. The van der Waals surface area contributed by atoms with Crippen LogP contribution in [0.4, 0.5) is 0 Å². The average Bonchev–Trinajstić information content (AvgIpc) is 3.19. The Bertz CT molecular complexity index is 383. The van der Waals surface area contributed by atoms with E-state index >= 15 is 0 Å². The quantitative estimate of drug-likeness (QED) is 0.561. The summed E-state index contributed by atoms with van der Waals surface area (Å²) < 4.78 is 5.81. The Morgan fingerprint density at radius 3 is 2.33 bits per heavy atom. The van der Waals surface area contributed by atoms with E-state index in [-0.39, 0.29) is 0 Å². The molecule has 0 aliphatic heterocycles. The van der Waals surface area contributed by atoms with Gasteiger partial charge in [0.1, 0.15) is 5.75 Å². The summed E-state index contributed by atoms with van der Waals surface area (Å²) in [6.45, 7) is 0. The third kappa shape index (κ3) is 3.09. The summed E-state index contributed by atoms with van der Waals surface area (Å²) in [5.41, 5.74) is 1.47. The molecule has 0 bridgehead atoms. The van der Waals surface area contributed by atoms with Gasteiger partial charge in [0.05, 0.1) is 6.10 Å². The van der Waals surface area contributed by atoms with E-state index in [1.165, 1.54) is 50.5 Å².